The van der Waals surface area contributed by atoms with E-state index in [1.165, 1.54) is 4.57 Å². The third-order valence-corrected chi connectivity index (χ3v) is 5.64. The zero-order valence-electron chi connectivity index (χ0n) is 15.6. The van der Waals surface area contributed by atoms with Gasteiger partial charge < -0.3 is 45.3 Å². The molecule has 1 aliphatic carbocycles. The quantitative estimate of drug-likeness (QED) is 0.239. The van der Waals surface area contributed by atoms with Crippen LogP contribution < -0.4 is 14.6 Å². The summed E-state index contributed by atoms with van der Waals surface area (Å²) in [6.45, 7) is 2.34. The summed E-state index contributed by atoms with van der Waals surface area (Å²) in [6.07, 6.45) is 1.49. The minimum Gasteiger partial charge on any atom is -0.840 e. The number of allylic oxidation sites excluding steroid dienone is 1. The van der Waals surface area contributed by atoms with E-state index >= 15 is 0 Å². The van der Waals surface area contributed by atoms with E-state index in [2.05, 4.69) is 4.90 Å². The Morgan fingerprint density at radius 3 is 2.27 bits per heavy atom. The van der Waals surface area contributed by atoms with E-state index in [1.54, 1.807) is 36.7 Å². The van der Waals surface area contributed by atoms with Gasteiger partial charge in [0.05, 0.1) is 18.2 Å². The van der Waals surface area contributed by atoms with Crippen molar-refractivity contribution in [1.29, 1.82) is 10.5 Å². The number of ketones is 1. The van der Waals surface area contributed by atoms with Crippen molar-refractivity contribution in [2.75, 3.05) is 37.7 Å². The van der Waals surface area contributed by atoms with E-state index < -0.39 is 29.6 Å². The molecule has 1 unspecified atom stereocenters. The van der Waals surface area contributed by atoms with E-state index in [1.807, 2.05) is 4.90 Å². The van der Waals surface area contributed by atoms with Gasteiger partial charge in [-0.25, -0.2) is 4.71 Å². The number of carbonyl (C=O) groups excluding carboxylic acids is 1. The number of aliphatic hydroxyl groups excluding tert-OH is 1. The summed E-state index contributed by atoms with van der Waals surface area (Å²) in [7, 11) is 0. The maximum Gasteiger partial charge on any atom is 0.209 e. The number of hydrogen-bond acceptors (Lipinski definition) is 9. The Balaban J connectivity index is 0.00000320. The molecule has 1 atom stereocenters. The van der Waals surface area contributed by atoms with E-state index in [4.69, 9.17) is 30.5 Å². The number of Topliss-reactive ketones (excluding diaryl/α,β-unsaturated/α-hetero) is 1. The molecule has 1 radical (unpaired) electrons. The molecule has 2 aliphatic rings. The van der Waals surface area contributed by atoms with Crippen LogP contribution in [-0.2, 0) is 52.4 Å². The zero-order chi connectivity index (χ0) is 21.1. The van der Waals surface area contributed by atoms with Crippen LogP contribution in [0.25, 0.3) is 5.70 Å². The summed E-state index contributed by atoms with van der Waals surface area (Å²) in [5.41, 5.74) is -0.217. The molecule has 1 saturated heterocycles. The SMILES string of the molecule is N#CC1=C(C#N)C([O-])C([n+]2ccc(N3CCN(C([S-])[S-])CC3)cc2)=C(CO)C1=O.[Au]. The van der Waals surface area contributed by atoms with Gasteiger partial charge >= 0.3 is 0 Å². The van der Waals surface area contributed by atoms with Gasteiger partial charge in [0.15, 0.2) is 18.1 Å². The van der Waals surface area contributed by atoms with Crippen LogP contribution in [0.1, 0.15) is 0 Å². The molecular weight excluding hydrogens is 607 g/mol. The molecule has 1 aromatic heterocycles. The maximum absolute atomic E-state index is 12.8. The van der Waals surface area contributed by atoms with E-state index in [-0.39, 0.29) is 38.4 Å². The first-order valence-corrected chi connectivity index (χ1v) is 9.78. The third-order valence-electron chi connectivity index (χ3n) is 5.05. The monoisotopic (exact) mass is 624 g/mol. The van der Waals surface area contributed by atoms with Crippen molar-refractivity contribution in [3.05, 3.63) is 41.2 Å². The Kier molecular flexibility index (Phi) is 8.73. The Morgan fingerprint density at radius 2 is 1.80 bits per heavy atom. The second-order valence-corrected chi connectivity index (χ2v) is 7.73. The molecule has 0 spiro atoms. The van der Waals surface area contributed by atoms with Gasteiger partial charge in [0, 0.05) is 78.1 Å². The van der Waals surface area contributed by atoms with Crippen molar-refractivity contribution >= 4 is 42.4 Å². The first kappa shape index (κ1) is 24.7. The van der Waals surface area contributed by atoms with Gasteiger partial charge in [0.25, 0.3) is 0 Å². The fourth-order valence-corrected chi connectivity index (χ4v) is 3.89. The molecule has 0 amide bonds. The van der Waals surface area contributed by atoms with Crippen LogP contribution >= 0.6 is 0 Å². The van der Waals surface area contributed by atoms with Gasteiger partial charge in [-0.1, -0.05) is 0 Å². The summed E-state index contributed by atoms with van der Waals surface area (Å²) < 4.78 is 1.10. The van der Waals surface area contributed by atoms with Crippen LogP contribution in [0.15, 0.2) is 41.2 Å². The van der Waals surface area contributed by atoms with Crippen LogP contribution in [0, 0.1) is 22.7 Å². The van der Waals surface area contributed by atoms with E-state index in [0.29, 0.717) is 0 Å². The molecule has 2 heterocycles. The van der Waals surface area contributed by atoms with Crippen molar-refractivity contribution in [3.63, 3.8) is 0 Å². The van der Waals surface area contributed by atoms with E-state index in [0.717, 1.165) is 31.9 Å². The van der Waals surface area contributed by atoms with Crippen molar-refractivity contribution < 1.29 is 42.0 Å². The second kappa shape index (κ2) is 10.6. The largest absolute Gasteiger partial charge is 0.840 e. The minimum atomic E-state index is -1.73. The molecule has 8 nitrogen and oxygen atoms in total. The fourth-order valence-electron chi connectivity index (χ4n) is 3.47. The van der Waals surface area contributed by atoms with Crippen LogP contribution in [0.5, 0.6) is 0 Å². The Morgan fingerprint density at radius 1 is 1.20 bits per heavy atom. The third kappa shape index (κ3) is 4.67. The van der Waals surface area contributed by atoms with Gasteiger partial charge in [-0.15, -0.1) is 0 Å². The first-order valence-electron chi connectivity index (χ1n) is 8.84. The maximum atomic E-state index is 12.8. The number of nitrogens with zero attached hydrogens (tertiary/aromatic N) is 5. The Hall–Kier alpha value is -1.60. The molecule has 11 heteroatoms. The Labute approximate surface area is 201 Å². The number of piperazine rings is 1. The molecule has 3 rings (SSSR count). The van der Waals surface area contributed by atoms with Crippen molar-refractivity contribution in [3.8, 4) is 12.1 Å². The number of pyridine rings is 1. The van der Waals surface area contributed by atoms with Crippen LogP contribution in [0.3, 0.4) is 0 Å². The average Bonchev–Trinajstić information content (AvgIpc) is 2.74. The van der Waals surface area contributed by atoms with E-state index in [9.17, 15) is 20.3 Å². The zero-order valence-corrected chi connectivity index (χ0v) is 19.4. The number of aliphatic hydroxyl groups is 1. The van der Waals surface area contributed by atoms with Gasteiger partial charge in [-0.3, -0.25) is 4.79 Å². The van der Waals surface area contributed by atoms with Crippen LogP contribution in [0.4, 0.5) is 5.69 Å². The summed E-state index contributed by atoms with van der Waals surface area (Å²) in [5, 5.41) is 40.8. The predicted molar refractivity (Wildman–Crippen MR) is 106 cm³/mol. The number of nitriles is 2. The summed E-state index contributed by atoms with van der Waals surface area (Å²) in [4.78, 5) is 16.7. The number of aromatic nitrogens is 1. The molecule has 0 aromatic carbocycles. The molecular formula is C19H17AuN5O3S2-2. The average molecular weight is 624 g/mol. The van der Waals surface area contributed by atoms with Gasteiger partial charge in [0.1, 0.15) is 11.6 Å². The predicted octanol–water partition coefficient (Wildman–Crippen LogP) is -1.67. The molecule has 1 aliphatic heterocycles. The molecule has 30 heavy (non-hydrogen) atoms. The molecule has 0 bridgehead atoms. The minimum absolute atomic E-state index is 0. The fraction of sp³-hybridized carbons (Fsp3) is 0.368. The summed E-state index contributed by atoms with van der Waals surface area (Å²) >= 11 is 10.2. The molecule has 1 fully saturated rings. The summed E-state index contributed by atoms with van der Waals surface area (Å²) in [5.74, 6) is -0.788. The van der Waals surface area contributed by atoms with Crippen molar-refractivity contribution in [2.24, 2.45) is 0 Å². The molecule has 161 valence electrons. The number of anilines is 1. The number of rotatable bonds is 4. The standard InChI is InChI=1S/C19H19N5O3S2.Au/c20-9-13-14(10-21)18(27)16(15(11-25)17(13)26)23-3-1-12(2-4-23)22-5-7-24(8-6-22)19(28)29;/h1-4,18-19,25,28-29H,5-8,11H2;/p-2. The van der Waals surface area contributed by atoms with Gasteiger partial charge in [0.2, 0.25) is 5.78 Å². The first-order chi connectivity index (χ1) is 13.9. The van der Waals surface area contributed by atoms with Gasteiger partial charge in [-0.2, -0.15) is 15.1 Å². The molecule has 1 N–H and O–H groups in total. The Bertz CT molecular complexity index is 958. The molecule has 1 aromatic rings. The molecule has 0 saturated carbocycles. The normalized spacial score (nSPS) is 20.2. The van der Waals surface area contributed by atoms with Crippen LogP contribution in [0.2, 0.25) is 0 Å². The van der Waals surface area contributed by atoms with Crippen molar-refractivity contribution in [1.82, 2.24) is 4.90 Å². The number of carbonyl (C=O) groups is 1. The van der Waals surface area contributed by atoms with Crippen LogP contribution in [-0.4, -0.2) is 59.4 Å². The smallest absolute Gasteiger partial charge is 0.209 e. The summed E-state index contributed by atoms with van der Waals surface area (Å²) in [6, 6.07) is 6.87. The van der Waals surface area contributed by atoms with Crippen molar-refractivity contribution in [2.45, 2.75) is 10.8 Å². The van der Waals surface area contributed by atoms with Gasteiger partial charge in [-0.05, 0) is 0 Å². The second-order valence-electron chi connectivity index (χ2n) is 6.54. The topological polar surface area (TPSA) is 118 Å². The number of hydrogen-bond donors (Lipinski definition) is 1.